The summed E-state index contributed by atoms with van der Waals surface area (Å²) in [5.74, 6) is 0. The summed E-state index contributed by atoms with van der Waals surface area (Å²) in [6.07, 6.45) is 9.45. The smallest absolute Gasteiger partial charge is 0.0925 e. The lowest BCUT2D eigenvalue weighted by molar-refractivity contribution is 0.955. The molecule has 1 aromatic heterocycles. The molecule has 1 N–H and O–H groups in total. The van der Waals surface area contributed by atoms with Gasteiger partial charge in [0, 0.05) is 12.1 Å². The molecule has 1 heterocycles. The molecule has 2 heteroatoms. The summed E-state index contributed by atoms with van der Waals surface area (Å²) in [6, 6.07) is 0. The molecule has 0 atom stereocenters. The Labute approximate surface area is 73.7 Å². The first kappa shape index (κ1) is 9.04. The molecule has 0 saturated heterocycles. The number of nitrogens with zero attached hydrogens (tertiary/aromatic N) is 1. The van der Waals surface area contributed by atoms with Gasteiger partial charge in [0.1, 0.15) is 0 Å². The van der Waals surface area contributed by atoms with E-state index in [4.69, 9.17) is 0 Å². The molecule has 0 radical (unpaired) electrons. The number of imidazole rings is 1. The van der Waals surface area contributed by atoms with Gasteiger partial charge in [0.25, 0.3) is 0 Å². The maximum atomic E-state index is 4.22. The van der Waals surface area contributed by atoms with E-state index in [-0.39, 0.29) is 0 Å². The van der Waals surface area contributed by atoms with Gasteiger partial charge in [-0.05, 0) is 12.8 Å². The first-order chi connectivity index (χ1) is 5.97. The van der Waals surface area contributed by atoms with Crippen LogP contribution in [0.2, 0.25) is 0 Å². The van der Waals surface area contributed by atoms with E-state index in [9.17, 15) is 0 Å². The number of hydrogen-bond acceptors (Lipinski definition) is 1. The zero-order chi connectivity index (χ0) is 8.81. The molecule has 2 rings (SSSR count). The Kier molecular flexibility index (Phi) is 3.58. The average molecular weight is 164 g/mol. The summed E-state index contributed by atoms with van der Waals surface area (Å²) in [5, 5.41) is 0. The van der Waals surface area contributed by atoms with Crippen molar-refractivity contribution in [3.8, 4) is 0 Å². The van der Waals surface area contributed by atoms with Gasteiger partial charge in [-0.3, -0.25) is 0 Å². The Balaban J connectivity index is 0.000000336. The van der Waals surface area contributed by atoms with Crippen LogP contribution < -0.4 is 0 Å². The van der Waals surface area contributed by atoms with Gasteiger partial charge in [-0.15, -0.1) is 0 Å². The first-order valence-electron chi connectivity index (χ1n) is 4.63. The molecular weight excluding hydrogens is 148 g/mol. The van der Waals surface area contributed by atoms with Crippen LogP contribution in [0.4, 0.5) is 0 Å². The van der Waals surface area contributed by atoms with Gasteiger partial charge in [-0.2, -0.15) is 0 Å². The maximum absolute atomic E-state index is 4.22. The lowest BCUT2D eigenvalue weighted by Gasteiger charge is -1.91. The fourth-order valence-electron chi connectivity index (χ4n) is 1.28. The van der Waals surface area contributed by atoms with Crippen molar-refractivity contribution in [2.75, 3.05) is 0 Å². The van der Waals surface area contributed by atoms with Crippen LogP contribution in [0, 0.1) is 0 Å². The van der Waals surface area contributed by atoms with Crippen LogP contribution in [0.1, 0.15) is 31.7 Å². The summed E-state index contributed by atoms with van der Waals surface area (Å²) in [7, 11) is 0. The Morgan fingerprint density at radius 2 is 2.17 bits per heavy atom. The third-order valence-corrected chi connectivity index (χ3v) is 1.84. The summed E-state index contributed by atoms with van der Waals surface area (Å²) in [6.45, 7) is 4.00. The minimum absolute atomic E-state index is 1.02. The van der Waals surface area contributed by atoms with Crippen molar-refractivity contribution in [1.29, 1.82) is 0 Å². The molecule has 12 heavy (non-hydrogen) atoms. The largest absolute Gasteiger partial charge is 0.348 e. The third kappa shape index (κ3) is 1.97. The van der Waals surface area contributed by atoms with E-state index < -0.39 is 0 Å². The summed E-state index contributed by atoms with van der Waals surface area (Å²) < 4.78 is 0. The van der Waals surface area contributed by atoms with Crippen molar-refractivity contribution < 1.29 is 0 Å². The number of H-pyrrole nitrogens is 1. The summed E-state index contributed by atoms with van der Waals surface area (Å²) in [5.41, 5.74) is 2.53. The van der Waals surface area contributed by atoms with Gasteiger partial charge in [0.05, 0.1) is 12.0 Å². The topological polar surface area (TPSA) is 28.7 Å². The Bertz CT molecular complexity index is 248. The highest BCUT2D eigenvalue weighted by Crippen LogP contribution is 2.11. The van der Waals surface area contributed by atoms with Crippen LogP contribution in [0.3, 0.4) is 0 Å². The molecule has 0 saturated carbocycles. The lowest BCUT2D eigenvalue weighted by Crippen LogP contribution is -1.87. The van der Waals surface area contributed by atoms with Crippen molar-refractivity contribution >= 4 is 0 Å². The molecule has 2 nitrogen and oxygen atoms in total. The Morgan fingerprint density at radius 1 is 1.33 bits per heavy atom. The SMILES string of the molecule is C1=CCc2[nH]cnc2CC1.CC. The Hall–Kier alpha value is -1.05. The second kappa shape index (κ2) is 4.75. The fraction of sp³-hybridized carbons (Fsp3) is 0.500. The molecule has 0 aliphatic heterocycles. The van der Waals surface area contributed by atoms with Crippen LogP contribution in [-0.4, -0.2) is 9.97 Å². The number of aromatic nitrogens is 2. The summed E-state index contributed by atoms with van der Waals surface area (Å²) in [4.78, 5) is 7.36. The van der Waals surface area contributed by atoms with Crippen LogP contribution in [0.25, 0.3) is 0 Å². The molecule has 0 spiro atoms. The second-order valence-corrected chi connectivity index (χ2v) is 2.54. The average Bonchev–Trinajstić information content (AvgIpc) is 2.46. The fourth-order valence-corrected chi connectivity index (χ4v) is 1.28. The second-order valence-electron chi connectivity index (χ2n) is 2.54. The van der Waals surface area contributed by atoms with Crippen molar-refractivity contribution in [1.82, 2.24) is 9.97 Å². The van der Waals surface area contributed by atoms with E-state index in [0.717, 1.165) is 19.3 Å². The van der Waals surface area contributed by atoms with Crippen LogP contribution in [0.5, 0.6) is 0 Å². The number of fused-ring (bicyclic) bond motifs is 1. The van der Waals surface area contributed by atoms with E-state index in [1.165, 1.54) is 11.4 Å². The highest BCUT2D eigenvalue weighted by Gasteiger charge is 2.04. The number of nitrogens with one attached hydrogen (secondary N) is 1. The first-order valence-corrected chi connectivity index (χ1v) is 4.63. The third-order valence-electron chi connectivity index (χ3n) is 1.84. The predicted molar refractivity (Wildman–Crippen MR) is 51.1 cm³/mol. The van der Waals surface area contributed by atoms with Gasteiger partial charge in [-0.1, -0.05) is 26.0 Å². The van der Waals surface area contributed by atoms with Gasteiger partial charge < -0.3 is 4.98 Å². The normalized spacial score (nSPS) is 14.2. The highest BCUT2D eigenvalue weighted by molar-refractivity contribution is 5.17. The van der Waals surface area contributed by atoms with E-state index in [1.807, 2.05) is 13.8 Å². The number of rotatable bonds is 0. The number of aromatic amines is 1. The maximum Gasteiger partial charge on any atom is 0.0925 e. The van der Waals surface area contributed by atoms with Gasteiger partial charge in [-0.25, -0.2) is 4.98 Å². The van der Waals surface area contributed by atoms with Crippen molar-refractivity contribution in [3.05, 3.63) is 29.9 Å². The molecule has 0 fully saturated rings. The lowest BCUT2D eigenvalue weighted by atomic mass is 10.2. The van der Waals surface area contributed by atoms with Crippen molar-refractivity contribution in [3.63, 3.8) is 0 Å². The number of allylic oxidation sites excluding steroid dienone is 2. The number of hydrogen-bond donors (Lipinski definition) is 1. The minimum atomic E-state index is 1.02. The van der Waals surface area contributed by atoms with E-state index in [0.29, 0.717) is 0 Å². The molecule has 0 amide bonds. The van der Waals surface area contributed by atoms with Crippen molar-refractivity contribution in [2.24, 2.45) is 0 Å². The molecule has 1 aliphatic rings. The quantitative estimate of drug-likeness (QED) is 0.586. The predicted octanol–water partition coefficient (Wildman–Crippen LogP) is 2.48. The van der Waals surface area contributed by atoms with Gasteiger partial charge in [0.15, 0.2) is 0 Å². The van der Waals surface area contributed by atoms with Gasteiger partial charge >= 0.3 is 0 Å². The molecule has 0 aromatic carbocycles. The number of aryl methyl sites for hydroxylation is 1. The molecule has 0 unspecified atom stereocenters. The van der Waals surface area contributed by atoms with Crippen LogP contribution >= 0.6 is 0 Å². The zero-order valence-electron chi connectivity index (χ0n) is 7.80. The van der Waals surface area contributed by atoms with E-state index >= 15 is 0 Å². The molecule has 1 aromatic rings. The highest BCUT2D eigenvalue weighted by atomic mass is 14.9. The van der Waals surface area contributed by atoms with E-state index in [2.05, 4.69) is 22.1 Å². The molecular formula is C10H16N2. The van der Waals surface area contributed by atoms with Gasteiger partial charge in [0.2, 0.25) is 0 Å². The standard InChI is InChI=1S/C8H10N2.C2H6/c1-2-4-7-8(5-3-1)10-6-9-7;1-2/h1-2,6H,3-5H2,(H,9,10);1-2H3. The zero-order valence-corrected chi connectivity index (χ0v) is 7.80. The van der Waals surface area contributed by atoms with E-state index in [1.54, 1.807) is 6.33 Å². The monoisotopic (exact) mass is 164 g/mol. The van der Waals surface area contributed by atoms with Crippen LogP contribution in [-0.2, 0) is 12.8 Å². The molecule has 66 valence electrons. The Morgan fingerprint density at radius 3 is 3.00 bits per heavy atom. The van der Waals surface area contributed by atoms with Crippen LogP contribution in [0.15, 0.2) is 18.5 Å². The molecule has 1 aliphatic carbocycles. The summed E-state index contributed by atoms with van der Waals surface area (Å²) >= 11 is 0. The van der Waals surface area contributed by atoms with Crippen molar-refractivity contribution in [2.45, 2.75) is 33.1 Å². The molecule has 0 bridgehead atoms. The minimum Gasteiger partial charge on any atom is -0.348 e.